The summed E-state index contributed by atoms with van der Waals surface area (Å²) < 4.78 is 5.28. The molecule has 0 bridgehead atoms. The molecule has 0 N–H and O–H groups in total. The topological polar surface area (TPSA) is 55.3 Å². The van der Waals surface area contributed by atoms with Crippen LogP contribution >= 0.6 is 11.3 Å². The highest BCUT2D eigenvalue weighted by atomic mass is 32.1. The average Bonchev–Trinajstić information content (AvgIpc) is 3.09. The number of methoxy groups -OCH3 is 1. The number of pyridine rings is 1. The molecule has 0 aliphatic carbocycles. The van der Waals surface area contributed by atoms with E-state index in [4.69, 9.17) is 4.74 Å². The minimum Gasteiger partial charge on any atom is -0.497 e. The lowest BCUT2D eigenvalue weighted by atomic mass is 10.00. The van der Waals surface area contributed by atoms with Crippen LogP contribution in [0.2, 0.25) is 0 Å². The highest BCUT2D eigenvalue weighted by molar-refractivity contribution is 7.13. The first-order chi connectivity index (χ1) is 14.2. The zero-order valence-corrected chi connectivity index (χ0v) is 17.4. The third-order valence-electron chi connectivity index (χ3n) is 5.34. The molecule has 4 rings (SSSR count). The number of aromatic nitrogens is 2. The van der Waals surface area contributed by atoms with Gasteiger partial charge in [0.1, 0.15) is 10.8 Å². The Kier molecular flexibility index (Phi) is 6.20. The highest BCUT2D eigenvalue weighted by Gasteiger charge is 2.27. The molecule has 0 saturated carbocycles. The maximum absolute atomic E-state index is 13.2. The van der Waals surface area contributed by atoms with Crippen LogP contribution in [0, 0.1) is 0 Å². The van der Waals surface area contributed by atoms with Gasteiger partial charge < -0.3 is 9.64 Å². The van der Waals surface area contributed by atoms with Gasteiger partial charge >= 0.3 is 0 Å². The van der Waals surface area contributed by atoms with E-state index < -0.39 is 0 Å². The summed E-state index contributed by atoms with van der Waals surface area (Å²) in [6, 6.07) is 14.0. The van der Waals surface area contributed by atoms with E-state index in [1.54, 1.807) is 13.3 Å². The third-order valence-corrected chi connectivity index (χ3v) is 6.26. The predicted molar refractivity (Wildman–Crippen MR) is 115 cm³/mol. The first-order valence-electron chi connectivity index (χ1n) is 10.0. The number of thiazole rings is 1. The number of hydrogen-bond donors (Lipinski definition) is 0. The molecule has 3 aromatic rings. The van der Waals surface area contributed by atoms with Gasteiger partial charge in [0, 0.05) is 18.1 Å². The number of ether oxygens (including phenoxy) is 1. The summed E-state index contributed by atoms with van der Waals surface area (Å²) in [6.07, 6.45) is 6.44. The van der Waals surface area contributed by atoms with Crippen LogP contribution < -0.4 is 4.74 Å². The molecule has 1 amide bonds. The first kappa shape index (κ1) is 19.6. The number of hydrogen-bond acceptors (Lipinski definition) is 5. The van der Waals surface area contributed by atoms with E-state index >= 15 is 0 Å². The molecule has 0 radical (unpaired) electrons. The van der Waals surface area contributed by atoms with Crippen molar-refractivity contribution in [3.05, 3.63) is 65.3 Å². The Morgan fingerprint density at radius 2 is 2.03 bits per heavy atom. The lowest BCUT2D eigenvalue weighted by Gasteiger charge is -2.30. The Morgan fingerprint density at radius 1 is 1.17 bits per heavy atom. The maximum Gasteiger partial charge on any atom is 0.229 e. The van der Waals surface area contributed by atoms with Crippen molar-refractivity contribution in [1.29, 1.82) is 0 Å². The van der Waals surface area contributed by atoms with Crippen molar-refractivity contribution < 1.29 is 9.53 Å². The van der Waals surface area contributed by atoms with Crippen LogP contribution in [-0.2, 0) is 11.2 Å². The molecule has 6 heteroatoms. The predicted octanol–water partition coefficient (Wildman–Crippen LogP) is 4.90. The number of rotatable bonds is 5. The smallest absolute Gasteiger partial charge is 0.229 e. The lowest BCUT2D eigenvalue weighted by Crippen LogP contribution is -2.36. The minimum atomic E-state index is 0.116. The Morgan fingerprint density at radius 3 is 2.79 bits per heavy atom. The van der Waals surface area contributed by atoms with E-state index in [0.29, 0.717) is 6.42 Å². The zero-order valence-electron chi connectivity index (χ0n) is 16.6. The van der Waals surface area contributed by atoms with Crippen LogP contribution in [-0.4, -0.2) is 34.4 Å². The number of nitrogens with zero attached hydrogens (tertiary/aromatic N) is 3. The minimum absolute atomic E-state index is 0.116. The zero-order chi connectivity index (χ0) is 20.1. The van der Waals surface area contributed by atoms with E-state index in [9.17, 15) is 4.79 Å². The van der Waals surface area contributed by atoms with Crippen LogP contribution in [0.4, 0.5) is 0 Å². The molecule has 1 fully saturated rings. The maximum atomic E-state index is 13.2. The van der Waals surface area contributed by atoms with Gasteiger partial charge in [-0.15, -0.1) is 11.3 Å². The van der Waals surface area contributed by atoms with E-state index in [0.717, 1.165) is 54.4 Å². The summed E-state index contributed by atoms with van der Waals surface area (Å²) in [5, 5.41) is 2.83. The van der Waals surface area contributed by atoms with E-state index in [1.807, 2.05) is 35.7 Å². The summed E-state index contributed by atoms with van der Waals surface area (Å²) in [5.74, 6) is 0.982. The Balaban J connectivity index is 1.51. The summed E-state index contributed by atoms with van der Waals surface area (Å²) >= 11 is 1.54. The van der Waals surface area contributed by atoms with E-state index in [1.165, 1.54) is 16.9 Å². The standard InChI is InChI=1S/C23H25N3O2S/c1-28-19-11-9-17(10-12-19)21-8-3-2-6-14-26(21)22(27)15-18-16-29-23(25-18)20-7-4-5-13-24-20/h4-5,7,9-13,16,21H,2-3,6,8,14-15H2,1H3/t21-/m1/s1. The molecule has 2 aromatic heterocycles. The van der Waals surface area contributed by atoms with Crippen LogP contribution in [0.25, 0.3) is 10.7 Å². The molecule has 0 spiro atoms. The van der Waals surface area contributed by atoms with Gasteiger partial charge in [-0.1, -0.05) is 31.0 Å². The van der Waals surface area contributed by atoms with Crippen LogP contribution in [0.5, 0.6) is 5.75 Å². The molecule has 1 saturated heterocycles. The fourth-order valence-corrected chi connectivity index (χ4v) is 4.63. The van der Waals surface area contributed by atoms with Gasteiger partial charge in [-0.3, -0.25) is 9.78 Å². The molecule has 5 nitrogen and oxygen atoms in total. The number of benzene rings is 1. The second-order valence-corrected chi connectivity index (χ2v) is 8.12. The molecule has 150 valence electrons. The van der Waals surface area contributed by atoms with Crippen molar-refractivity contribution in [2.75, 3.05) is 13.7 Å². The summed E-state index contributed by atoms with van der Waals surface area (Å²) in [6.45, 7) is 0.798. The van der Waals surface area contributed by atoms with Gasteiger partial charge in [0.2, 0.25) is 5.91 Å². The third kappa shape index (κ3) is 4.65. The van der Waals surface area contributed by atoms with Gasteiger partial charge in [-0.05, 0) is 42.7 Å². The van der Waals surface area contributed by atoms with Crippen molar-refractivity contribution in [1.82, 2.24) is 14.9 Å². The van der Waals surface area contributed by atoms with Gasteiger partial charge in [0.05, 0.1) is 31.0 Å². The molecule has 1 aliphatic rings. The number of likely N-dealkylation sites (tertiary alicyclic amines) is 1. The monoisotopic (exact) mass is 407 g/mol. The molecular weight excluding hydrogens is 382 g/mol. The lowest BCUT2D eigenvalue weighted by molar-refractivity contribution is -0.133. The quantitative estimate of drug-likeness (QED) is 0.604. The second kappa shape index (κ2) is 9.18. The molecule has 1 aliphatic heterocycles. The Bertz CT molecular complexity index is 940. The molecule has 1 atom stereocenters. The normalized spacial score (nSPS) is 17.0. The van der Waals surface area contributed by atoms with Gasteiger partial charge in [-0.25, -0.2) is 4.98 Å². The van der Waals surface area contributed by atoms with E-state index in [-0.39, 0.29) is 11.9 Å². The molecule has 29 heavy (non-hydrogen) atoms. The van der Waals surface area contributed by atoms with Crippen molar-refractivity contribution in [2.24, 2.45) is 0 Å². The van der Waals surface area contributed by atoms with Crippen molar-refractivity contribution in [3.63, 3.8) is 0 Å². The highest BCUT2D eigenvalue weighted by Crippen LogP contribution is 2.32. The summed E-state index contributed by atoms with van der Waals surface area (Å²) in [5.41, 5.74) is 2.84. The van der Waals surface area contributed by atoms with E-state index in [2.05, 4.69) is 27.0 Å². The number of amides is 1. The van der Waals surface area contributed by atoms with Crippen molar-refractivity contribution >= 4 is 17.2 Å². The molecule has 3 heterocycles. The molecule has 1 aromatic carbocycles. The summed E-state index contributed by atoms with van der Waals surface area (Å²) in [4.78, 5) is 24.3. The molecular formula is C23H25N3O2S. The number of carbonyl (C=O) groups is 1. The SMILES string of the molecule is COc1ccc([C@H]2CCCCCN2C(=O)Cc2csc(-c3ccccn3)n2)cc1. The van der Waals surface area contributed by atoms with Crippen LogP contribution in [0.15, 0.2) is 54.0 Å². The summed E-state index contributed by atoms with van der Waals surface area (Å²) in [7, 11) is 1.67. The first-order valence-corrected chi connectivity index (χ1v) is 10.9. The molecule has 0 unspecified atom stereocenters. The fraction of sp³-hybridized carbons (Fsp3) is 0.348. The van der Waals surface area contributed by atoms with Gasteiger partial charge in [0.25, 0.3) is 0 Å². The fourth-order valence-electron chi connectivity index (χ4n) is 3.83. The average molecular weight is 408 g/mol. The van der Waals surface area contributed by atoms with Crippen LogP contribution in [0.1, 0.15) is 43.0 Å². The Labute approximate surface area is 175 Å². The Hall–Kier alpha value is -2.73. The van der Waals surface area contributed by atoms with Crippen LogP contribution in [0.3, 0.4) is 0 Å². The largest absolute Gasteiger partial charge is 0.497 e. The van der Waals surface area contributed by atoms with Gasteiger partial charge in [-0.2, -0.15) is 0 Å². The second-order valence-electron chi connectivity index (χ2n) is 7.26. The van der Waals surface area contributed by atoms with Gasteiger partial charge in [0.15, 0.2) is 0 Å². The van der Waals surface area contributed by atoms with Crippen molar-refractivity contribution in [3.8, 4) is 16.5 Å². The van der Waals surface area contributed by atoms with Crippen molar-refractivity contribution in [2.45, 2.75) is 38.1 Å². The number of carbonyl (C=O) groups excluding carboxylic acids is 1.